The van der Waals surface area contributed by atoms with Crippen LogP contribution in [-0.2, 0) is 48.9 Å². The smallest absolute Gasteiger partial charge is 0.303 e. The number of rotatable bonds is 25. The normalized spacial score (nSPS) is 21.6. The zero-order valence-electron chi connectivity index (χ0n) is 36.1. The summed E-state index contributed by atoms with van der Waals surface area (Å²) in [6.07, 6.45) is 1.66. The summed E-state index contributed by atoms with van der Waals surface area (Å²) in [5, 5.41) is 25.9. The van der Waals surface area contributed by atoms with Gasteiger partial charge in [-0.15, -0.1) is 5.10 Å². The second-order valence-corrected chi connectivity index (χ2v) is 16.9. The molecule has 1 aromatic heterocycles. The Morgan fingerprint density at radius 1 is 0.900 bits per heavy atom. The molecule has 1 aliphatic heterocycles. The molecule has 60 heavy (non-hydrogen) atoms. The molecule has 10 unspecified atom stereocenters. The molecule has 2 aromatic carbocycles. The molecule has 2 heterocycles. The van der Waals surface area contributed by atoms with Crippen LogP contribution in [0.25, 0.3) is 22.0 Å². The number of esters is 2. The van der Waals surface area contributed by atoms with Crippen molar-refractivity contribution in [3.63, 3.8) is 0 Å². The van der Waals surface area contributed by atoms with Gasteiger partial charge in [0.25, 0.3) is 8.53 Å². The number of carbonyl (C=O) groups excluding carboxylic acids is 3. The van der Waals surface area contributed by atoms with Crippen molar-refractivity contribution in [1.29, 1.82) is 5.26 Å². The monoisotopic (exact) mass is 853 g/mol. The number of aromatic nitrogens is 3. The van der Waals surface area contributed by atoms with Crippen LogP contribution in [0.3, 0.4) is 0 Å². The second kappa shape index (κ2) is 25.0. The van der Waals surface area contributed by atoms with Gasteiger partial charge in [-0.25, -0.2) is 4.68 Å². The Balaban J connectivity index is 1.31. The van der Waals surface area contributed by atoms with E-state index >= 15 is 0 Å². The highest BCUT2D eigenvalue weighted by Gasteiger charge is 2.51. The van der Waals surface area contributed by atoms with Gasteiger partial charge in [0, 0.05) is 32.9 Å². The van der Waals surface area contributed by atoms with E-state index in [0.29, 0.717) is 49.0 Å². The summed E-state index contributed by atoms with van der Waals surface area (Å²) in [6.45, 7) is 15.8. The number of benzene rings is 2. The number of carbonyl (C=O) groups is 3. The Morgan fingerprint density at radius 3 is 2.27 bits per heavy atom. The van der Waals surface area contributed by atoms with Crippen LogP contribution < -0.4 is 16.1 Å². The van der Waals surface area contributed by atoms with Crippen molar-refractivity contribution in [2.24, 2.45) is 29.2 Å². The Hall–Kier alpha value is -4.07. The summed E-state index contributed by atoms with van der Waals surface area (Å²) < 4.78 is 36.9. The van der Waals surface area contributed by atoms with Crippen LogP contribution in [0.4, 0.5) is 0 Å². The predicted molar refractivity (Wildman–Crippen MR) is 228 cm³/mol. The zero-order valence-corrected chi connectivity index (χ0v) is 37.0. The van der Waals surface area contributed by atoms with Crippen molar-refractivity contribution in [1.82, 2.24) is 25.6 Å². The number of fused-ring (bicyclic) bond motifs is 1. The average Bonchev–Trinajstić information content (AvgIpc) is 3.68. The summed E-state index contributed by atoms with van der Waals surface area (Å²) in [4.78, 5) is 37.3. The fraction of sp³-hybridized carbons (Fsp3) is 0.628. The molecule has 16 nitrogen and oxygen atoms in total. The van der Waals surface area contributed by atoms with E-state index in [2.05, 4.69) is 48.6 Å². The number of nitriles is 1. The van der Waals surface area contributed by atoms with Crippen LogP contribution in [0.2, 0.25) is 0 Å². The molecule has 1 aliphatic rings. The molecule has 0 spiro atoms. The molecule has 1 saturated heterocycles. The standard InChI is InChI=1S/C43H64N7O9P/c1-28(29(2)18-21-46-22-19-30(3)31(4)27-56-60(45)55-24-12-20-44)13-11-23-54-43-40(47-32(5)51)42(58-34(7)53)41(57-33(6)52)39(59-43)26-50-25-38(48-49-50)37-17-10-15-35-14-8-9-16-36(35)37/h8-10,14-17,25,28-31,39-43,46H,11-13,18-19,21-24,26-27,45H2,1-7H3,(H,47,51). The third kappa shape index (κ3) is 15.4. The summed E-state index contributed by atoms with van der Waals surface area (Å²) in [7, 11) is -1.46. The third-order valence-corrected chi connectivity index (χ3v) is 11.9. The van der Waals surface area contributed by atoms with E-state index in [4.69, 9.17) is 38.8 Å². The Bertz CT molecular complexity index is 1840. The SMILES string of the molecule is CC(=O)NC1C(OCCCC(C)C(C)CCNCCC(C)C(C)COP(N)OCCC#N)OC(Cn2cc(-c3cccc4ccccc34)nn2)C(OC(C)=O)C1OC(C)=O. The predicted octanol–water partition coefficient (Wildman–Crippen LogP) is 6.03. The maximum atomic E-state index is 12.5. The molecule has 17 heteroatoms. The van der Waals surface area contributed by atoms with Gasteiger partial charge in [0.2, 0.25) is 5.91 Å². The van der Waals surface area contributed by atoms with Gasteiger partial charge in [-0.1, -0.05) is 75.4 Å². The summed E-state index contributed by atoms with van der Waals surface area (Å²) >= 11 is 0. The van der Waals surface area contributed by atoms with Crippen LogP contribution in [0.5, 0.6) is 0 Å². The minimum Gasteiger partial charge on any atom is -0.456 e. The zero-order chi connectivity index (χ0) is 43.6. The first kappa shape index (κ1) is 48.6. The van der Waals surface area contributed by atoms with Gasteiger partial charge >= 0.3 is 11.9 Å². The maximum absolute atomic E-state index is 12.5. The molecule has 0 bridgehead atoms. The largest absolute Gasteiger partial charge is 0.456 e. The minimum absolute atomic E-state index is 0.0881. The Kier molecular flexibility index (Phi) is 20.3. The van der Waals surface area contributed by atoms with Crippen LogP contribution in [0, 0.1) is 35.0 Å². The average molecular weight is 854 g/mol. The second-order valence-electron chi connectivity index (χ2n) is 15.8. The van der Waals surface area contributed by atoms with Gasteiger partial charge in [0.15, 0.2) is 18.5 Å². The van der Waals surface area contributed by atoms with E-state index < -0.39 is 51.1 Å². The lowest BCUT2D eigenvalue weighted by Crippen LogP contribution is -2.66. The highest BCUT2D eigenvalue weighted by atomic mass is 31.2. The number of amides is 1. The summed E-state index contributed by atoms with van der Waals surface area (Å²) in [5.41, 5.74) is 7.44. The lowest BCUT2D eigenvalue weighted by atomic mass is 9.89. The van der Waals surface area contributed by atoms with Crippen molar-refractivity contribution in [3.8, 4) is 17.3 Å². The molecule has 0 aliphatic carbocycles. The first-order valence-corrected chi connectivity index (χ1v) is 22.2. The van der Waals surface area contributed by atoms with E-state index in [1.807, 2.05) is 48.5 Å². The van der Waals surface area contributed by atoms with Crippen LogP contribution in [0.1, 0.15) is 80.6 Å². The van der Waals surface area contributed by atoms with Gasteiger partial charge in [0.1, 0.15) is 17.8 Å². The lowest BCUT2D eigenvalue weighted by molar-refractivity contribution is -0.274. The van der Waals surface area contributed by atoms with E-state index in [9.17, 15) is 14.4 Å². The highest BCUT2D eigenvalue weighted by Crippen LogP contribution is 2.32. The molecule has 0 radical (unpaired) electrons. The van der Waals surface area contributed by atoms with Gasteiger partial charge in [-0.2, -0.15) is 5.26 Å². The molecule has 1 fully saturated rings. The van der Waals surface area contributed by atoms with E-state index in [1.54, 1.807) is 10.9 Å². The number of ether oxygens (including phenoxy) is 4. The summed E-state index contributed by atoms with van der Waals surface area (Å²) in [5.74, 6) is 0.0488. The molecule has 10 atom stereocenters. The maximum Gasteiger partial charge on any atom is 0.303 e. The molecule has 4 N–H and O–H groups in total. The number of nitrogens with one attached hydrogen (secondary N) is 2. The lowest BCUT2D eigenvalue weighted by Gasteiger charge is -2.45. The van der Waals surface area contributed by atoms with E-state index in [-0.39, 0.29) is 19.1 Å². The molecule has 0 saturated carbocycles. The van der Waals surface area contributed by atoms with Crippen molar-refractivity contribution in [3.05, 3.63) is 48.7 Å². The fourth-order valence-corrected chi connectivity index (χ4v) is 7.94. The number of nitrogens with zero attached hydrogens (tertiary/aromatic N) is 4. The van der Waals surface area contributed by atoms with E-state index in [0.717, 1.165) is 55.1 Å². The fourth-order valence-electron chi connectivity index (χ4n) is 7.21. The van der Waals surface area contributed by atoms with E-state index in [1.165, 1.54) is 20.8 Å². The topological polar surface area (TPSA) is 211 Å². The van der Waals surface area contributed by atoms with Crippen molar-refractivity contribution >= 4 is 37.1 Å². The summed E-state index contributed by atoms with van der Waals surface area (Å²) in [6, 6.07) is 15.1. The molecular weight excluding hydrogens is 789 g/mol. The first-order chi connectivity index (χ1) is 28.8. The van der Waals surface area contributed by atoms with Gasteiger partial charge in [-0.05, 0) is 73.2 Å². The highest BCUT2D eigenvalue weighted by molar-refractivity contribution is 7.44. The first-order valence-electron chi connectivity index (χ1n) is 20.9. The number of hydrogen-bond acceptors (Lipinski definition) is 14. The van der Waals surface area contributed by atoms with Crippen molar-refractivity contribution in [2.75, 3.05) is 32.9 Å². The van der Waals surface area contributed by atoms with Crippen LogP contribution >= 0.6 is 8.53 Å². The van der Waals surface area contributed by atoms with Crippen LogP contribution in [-0.4, -0.2) is 96.4 Å². The minimum atomic E-state index is -1.46. The molecule has 3 aromatic rings. The Morgan fingerprint density at radius 2 is 1.57 bits per heavy atom. The van der Waals surface area contributed by atoms with Crippen LogP contribution in [0.15, 0.2) is 48.7 Å². The van der Waals surface area contributed by atoms with Crippen molar-refractivity contribution < 1.29 is 42.4 Å². The number of hydrogen-bond donors (Lipinski definition) is 3. The quantitative estimate of drug-likeness (QED) is 0.0505. The molecule has 1 amide bonds. The molecule has 4 rings (SSSR count). The molecule has 330 valence electrons. The molecular formula is C43H64N7O9P. The van der Waals surface area contributed by atoms with Gasteiger partial charge in [0.05, 0.1) is 38.4 Å². The Labute approximate surface area is 355 Å². The van der Waals surface area contributed by atoms with Gasteiger partial charge in [-0.3, -0.25) is 19.9 Å². The third-order valence-electron chi connectivity index (χ3n) is 11.1. The van der Waals surface area contributed by atoms with Crippen molar-refractivity contribution in [2.45, 2.75) is 118 Å². The number of nitrogens with two attached hydrogens (primary N) is 1. The van der Waals surface area contributed by atoms with Gasteiger partial charge < -0.3 is 38.6 Å².